The number of aromatic nitrogens is 1. The summed E-state index contributed by atoms with van der Waals surface area (Å²) in [5, 5.41) is 13.1. The van der Waals surface area contributed by atoms with Gasteiger partial charge in [-0.15, -0.1) is 11.3 Å². The van der Waals surface area contributed by atoms with Gasteiger partial charge in [0.1, 0.15) is 17.6 Å². The largest absolute Gasteiger partial charge is 0.507 e. The van der Waals surface area contributed by atoms with Crippen molar-refractivity contribution in [2.24, 2.45) is 0 Å². The van der Waals surface area contributed by atoms with Crippen molar-refractivity contribution in [2.45, 2.75) is 25.9 Å². The summed E-state index contributed by atoms with van der Waals surface area (Å²) in [7, 11) is 0. The van der Waals surface area contributed by atoms with Crippen LogP contribution in [0.4, 0.5) is 0 Å². The van der Waals surface area contributed by atoms with Gasteiger partial charge in [-0.2, -0.15) is 0 Å². The highest BCUT2D eigenvalue weighted by Gasteiger charge is 2.46. The van der Waals surface area contributed by atoms with Crippen molar-refractivity contribution in [3.8, 4) is 5.75 Å². The van der Waals surface area contributed by atoms with E-state index in [1.807, 2.05) is 24.4 Å². The molecule has 3 heterocycles. The lowest BCUT2D eigenvalue weighted by Crippen LogP contribution is -2.29. The molecule has 158 valence electrons. The van der Waals surface area contributed by atoms with Gasteiger partial charge in [-0.3, -0.25) is 14.6 Å². The Hall–Kier alpha value is -3.45. The molecule has 1 N–H and O–H groups in total. The van der Waals surface area contributed by atoms with E-state index >= 15 is 0 Å². The number of benzene rings is 1. The van der Waals surface area contributed by atoms with E-state index in [1.165, 1.54) is 16.2 Å². The molecule has 1 fully saturated rings. The number of carbonyl (C=O) groups excluding carboxylic acids is 2. The molecule has 7 heteroatoms. The van der Waals surface area contributed by atoms with Crippen molar-refractivity contribution in [3.05, 3.63) is 87.9 Å². The van der Waals surface area contributed by atoms with Crippen LogP contribution < -0.4 is 4.74 Å². The van der Waals surface area contributed by atoms with Crippen LogP contribution in [0, 0.1) is 0 Å². The van der Waals surface area contributed by atoms with Crippen molar-refractivity contribution in [2.75, 3.05) is 6.61 Å². The number of pyridine rings is 1. The van der Waals surface area contributed by atoms with E-state index in [-0.39, 0.29) is 17.9 Å². The zero-order valence-electron chi connectivity index (χ0n) is 17.0. The van der Waals surface area contributed by atoms with Gasteiger partial charge >= 0.3 is 0 Å². The Bertz CT molecular complexity index is 1110. The first-order valence-corrected chi connectivity index (χ1v) is 10.9. The molecule has 0 aliphatic carbocycles. The Balaban J connectivity index is 1.80. The van der Waals surface area contributed by atoms with Crippen molar-refractivity contribution in [3.63, 3.8) is 0 Å². The number of rotatable bonds is 7. The van der Waals surface area contributed by atoms with Crippen LogP contribution in [0.3, 0.4) is 0 Å². The lowest BCUT2D eigenvalue weighted by Gasteiger charge is -2.24. The first kappa shape index (κ1) is 20.8. The molecular formula is C24H22N2O4S. The number of aliphatic hydroxyl groups excluding tert-OH is 1. The maximum absolute atomic E-state index is 13.0. The molecule has 1 unspecified atom stereocenters. The molecule has 3 aromatic rings. The molecule has 2 aromatic heterocycles. The maximum Gasteiger partial charge on any atom is 0.296 e. The highest BCUT2D eigenvalue weighted by molar-refractivity contribution is 7.09. The van der Waals surface area contributed by atoms with Gasteiger partial charge in [0.25, 0.3) is 11.7 Å². The fourth-order valence-electron chi connectivity index (χ4n) is 3.57. The highest BCUT2D eigenvalue weighted by atomic mass is 32.1. The van der Waals surface area contributed by atoms with Crippen molar-refractivity contribution < 1.29 is 19.4 Å². The Morgan fingerprint density at radius 2 is 2.03 bits per heavy atom. The molecule has 1 aliphatic heterocycles. The number of thiophene rings is 1. The summed E-state index contributed by atoms with van der Waals surface area (Å²) in [6.45, 7) is 2.81. The van der Waals surface area contributed by atoms with E-state index in [2.05, 4.69) is 4.98 Å². The van der Waals surface area contributed by atoms with Gasteiger partial charge in [0, 0.05) is 16.6 Å². The van der Waals surface area contributed by atoms with Gasteiger partial charge in [-0.05, 0) is 42.1 Å². The van der Waals surface area contributed by atoms with Gasteiger partial charge < -0.3 is 14.7 Å². The lowest BCUT2D eigenvalue weighted by molar-refractivity contribution is -0.140. The van der Waals surface area contributed by atoms with Gasteiger partial charge in [0.15, 0.2) is 0 Å². The molecule has 1 atom stereocenters. The number of nitrogens with zero attached hydrogens (tertiary/aromatic N) is 2. The SMILES string of the molecule is CCCOc1cccc(/C(O)=C2/C(=O)C(=O)N(Cc3cccs3)C2c2ccccn2)c1. The summed E-state index contributed by atoms with van der Waals surface area (Å²) in [5.74, 6) is -1.01. The standard InChI is InChI=1S/C24H22N2O4S/c1-2-12-30-17-8-5-7-16(14-17)22(27)20-21(19-10-3-4-11-25-19)26(24(29)23(20)28)15-18-9-6-13-31-18/h3-11,13-14,21,27H,2,12,15H2,1H3/b22-20-. The van der Waals surface area contributed by atoms with Gasteiger partial charge in [-0.25, -0.2) is 0 Å². The van der Waals surface area contributed by atoms with E-state index in [0.29, 0.717) is 23.6 Å². The second-order valence-electron chi connectivity index (χ2n) is 7.14. The van der Waals surface area contributed by atoms with E-state index < -0.39 is 17.7 Å². The third-order valence-corrected chi connectivity index (χ3v) is 5.86. The van der Waals surface area contributed by atoms with Crippen LogP contribution in [0.25, 0.3) is 5.76 Å². The molecule has 0 bridgehead atoms. The monoisotopic (exact) mass is 434 g/mol. The first-order valence-electron chi connectivity index (χ1n) is 10.0. The topological polar surface area (TPSA) is 79.7 Å². The predicted octanol–water partition coefficient (Wildman–Crippen LogP) is 4.55. The normalized spacial score (nSPS) is 17.8. The average molecular weight is 435 g/mol. The average Bonchev–Trinajstić information content (AvgIpc) is 3.40. The smallest absolute Gasteiger partial charge is 0.296 e. The highest BCUT2D eigenvalue weighted by Crippen LogP contribution is 2.40. The molecule has 1 saturated heterocycles. The summed E-state index contributed by atoms with van der Waals surface area (Å²) in [5.41, 5.74) is 0.981. The predicted molar refractivity (Wildman–Crippen MR) is 119 cm³/mol. The zero-order valence-corrected chi connectivity index (χ0v) is 17.8. The number of hydrogen-bond donors (Lipinski definition) is 1. The number of likely N-dealkylation sites (tertiary alicyclic amines) is 1. The molecular weight excluding hydrogens is 412 g/mol. The van der Waals surface area contributed by atoms with Crippen LogP contribution in [0.15, 0.2) is 71.7 Å². The number of carbonyl (C=O) groups is 2. The summed E-state index contributed by atoms with van der Waals surface area (Å²) in [4.78, 5) is 32.8. The molecule has 0 radical (unpaired) electrons. The van der Waals surface area contributed by atoms with Gasteiger partial charge in [0.05, 0.1) is 24.4 Å². The number of hydrogen-bond acceptors (Lipinski definition) is 6. The number of Topliss-reactive ketones (excluding diaryl/α,β-unsaturated/α-hetero) is 1. The minimum absolute atomic E-state index is 0.0351. The van der Waals surface area contributed by atoms with Crippen LogP contribution in [0.5, 0.6) is 5.75 Å². The van der Waals surface area contributed by atoms with Crippen molar-refractivity contribution in [1.29, 1.82) is 0 Å². The van der Waals surface area contributed by atoms with Crippen LogP contribution >= 0.6 is 11.3 Å². The fraction of sp³-hybridized carbons (Fsp3) is 0.208. The molecule has 1 aliphatic rings. The van der Waals surface area contributed by atoms with Crippen LogP contribution in [0.2, 0.25) is 0 Å². The van der Waals surface area contributed by atoms with E-state index in [0.717, 1.165) is 11.3 Å². The van der Waals surface area contributed by atoms with E-state index in [1.54, 1.807) is 48.7 Å². The van der Waals surface area contributed by atoms with E-state index in [9.17, 15) is 14.7 Å². The summed E-state index contributed by atoms with van der Waals surface area (Å²) < 4.78 is 5.65. The maximum atomic E-state index is 13.0. The summed E-state index contributed by atoms with van der Waals surface area (Å²) in [6, 6.07) is 15.3. The van der Waals surface area contributed by atoms with Gasteiger partial charge in [-0.1, -0.05) is 31.2 Å². The minimum atomic E-state index is -0.775. The third-order valence-electron chi connectivity index (χ3n) is 4.99. The lowest BCUT2D eigenvalue weighted by atomic mass is 9.98. The molecule has 1 aromatic carbocycles. The molecule has 0 saturated carbocycles. The third kappa shape index (κ3) is 4.22. The minimum Gasteiger partial charge on any atom is -0.507 e. The quantitative estimate of drug-likeness (QED) is 0.335. The molecule has 6 nitrogen and oxygen atoms in total. The number of ether oxygens (including phenoxy) is 1. The molecule has 31 heavy (non-hydrogen) atoms. The van der Waals surface area contributed by atoms with Crippen LogP contribution in [-0.2, 0) is 16.1 Å². The fourth-order valence-corrected chi connectivity index (χ4v) is 4.27. The van der Waals surface area contributed by atoms with Crippen molar-refractivity contribution in [1.82, 2.24) is 9.88 Å². The Morgan fingerprint density at radius 3 is 2.74 bits per heavy atom. The molecule has 0 spiro atoms. The van der Waals surface area contributed by atoms with Crippen molar-refractivity contribution >= 4 is 28.8 Å². The molecule has 1 amide bonds. The number of amides is 1. The van der Waals surface area contributed by atoms with Crippen LogP contribution in [-0.4, -0.2) is 33.3 Å². The number of ketones is 1. The summed E-state index contributed by atoms with van der Waals surface area (Å²) in [6.07, 6.45) is 2.46. The zero-order chi connectivity index (χ0) is 21.8. The Labute approximate surface area is 184 Å². The Morgan fingerprint density at radius 1 is 1.16 bits per heavy atom. The molecule has 4 rings (SSSR count). The first-order chi connectivity index (χ1) is 15.1. The second-order valence-corrected chi connectivity index (χ2v) is 8.17. The second kappa shape index (κ2) is 9.14. The van der Waals surface area contributed by atoms with Crippen LogP contribution in [0.1, 0.15) is 35.5 Å². The Kier molecular flexibility index (Phi) is 6.13. The number of aliphatic hydroxyl groups is 1. The van der Waals surface area contributed by atoms with Gasteiger partial charge in [0.2, 0.25) is 0 Å². The van der Waals surface area contributed by atoms with E-state index in [4.69, 9.17) is 4.74 Å². The summed E-state index contributed by atoms with van der Waals surface area (Å²) >= 11 is 1.51.